The van der Waals surface area contributed by atoms with Gasteiger partial charge >= 0.3 is 0 Å². The minimum Gasteiger partial charge on any atom is -0.265 e. The lowest BCUT2D eigenvalue weighted by Gasteiger charge is -2.09. The molecule has 0 atom stereocenters. The van der Waals surface area contributed by atoms with Crippen molar-refractivity contribution in [2.45, 2.75) is 20.8 Å². The Balaban J connectivity index is 0.000000880. The van der Waals surface area contributed by atoms with E-state index in [2.05, 4.69) is 59.4 Å². The molecule has 0 fully saturated rings. The molecular weight excluding hydrogens is 304 g/mol. The van der Waals surface area contributed by atoms with E-state index in [1.807, 2.05) is 50.6 Å². The Morgan fingerprint density at radius 2 is 1.36 bits per heavy atom. The van der Waals surface area contributed by atoms with Gasteiger partial charge in [-0.15, -0.1) is 0 Å². The van der Waals surface area contributed by atoms with Gasteiger partial charge in [0.05, 0.1) is 5.52 Å². The molecule has 0 saturated heterocycles. The number of hydrogen-bond donors (Lipinski definition) is 0. The first-order valence-corrected chi connectivity index (χ1v) is 8.67. The van der Waals surface area contributed by atoms with Crippen LogP contribution in [-0.2, 0) is 0 Å². The molecule has 0 radical (unpaired) electrons. The Morgan fingerprint density at radius 3 is 2.12 bits per heavy atom. The van der Waals surface area contributed by atoms with E-state index < -0.39 is 0 Å². The summed E-state index contributed by atoms with van der Waals surface area (Å²) in [5, 5.41) is 1.16. The number of benzene rings is 2. The van der Waals surface area contributed by atoms with Crippen molar-refractivity contribution in [2.75, 3.05) is 0 Å². The van der Waals surface area contributed by atoms with Crippen molar-refractivity contribution in [3.05, 3.63) is 84.8 Å². The summed E-state index contributed by atoms with van der Waals surface area (Å²) in [6.45, 7) is 6.14. The van der Waals surface area contributed by atoms with E-state index >= 15 is 0 Å². The van der Waals surface area contributed by atoms with E-state index in [0.717, 1.165) is 10.9 Å². The molecule has 2 aromatic carbocycles. The van der Waals surface area contributed by atoms with E-state index in [0.29, 0.717) is 0 Å². The van der Waals surface area contributed by atoms with Crippen molar-refractivity contribution in [2.24, 2.45) is 0 Å². The van der Waals surface area contributed by atoms with Gasteiger partial charge in [-0.05, 0) is 71.1 Å². The molecule has 2 heterocycles. The summed E-state index contributed by atoms with van der Waals surface area (Å²) in [6.07, 6.45) is 5.49. The molecule has 4 rings (SSSR count). The first-order valence-electron chi connectivity index (χ1n) is 8.67. The van der Waals surface area contributed by atoms with Crippen LogP contribution in [-0.4, -0.2) is 9.97 Å². The minimum atomic E-state index is 1.03. The molecule has 0 amide bonds. The van der Waals surface area contributed by atoms with Gasteiger partial charge in [0.1, 0.15) is 0 Å². The van der Waals surface area contributed by atoms with Crippen LogP contribution in [0.4, 0.5) is 0 Å². The van der Waals surface area contributed by atoms with Gasteiger partial charge in [0.2, 0.25) is 0 Å². The van der Waals surface area contributed by atoms with E-state index in [9.17, 15) is 0 Å². The van der Waals surface area contributed by atoms with Crippen molar-refractivity contribution in [3.8, 4) is 22.3 Å². The maximum absolute atomic E-state index is 4.39. The first-order chi connectivity index (χ1) is 12.3. The highest BCUT2D eigenvalue weighted by Gasteiger charge is 2.05. The zero-order valence-corrected chi connectivity index (χ0v) is 14.9. The van der Waals surface area contributed by atoms with E-state index in [-0.39, 0.29) is 0 Å². The van der Waals surface area contributed by atoms with Crippen molar-refractivity contribution >= 4 is 10.9 Å². The average Bonchev–Trinajstić information content (AvgIpc) is 2.69. The Morgan fingerprint density at radius 1 is 0.640 bits per heavy atom. The molecule has 25 heavy (non-hydrogen) atoms. The molecule has 0 bridgehead atoms. The van der Waals surface area contributed by atoms with Gasteiger partial charge in [0.15, 0.2) is 0 Å². The average molecular weight is 326 g/mol. The second-order valence-corrected chi connectivity index (χ2v) is 5.73. The van der Waals surface area contributed by atoms with Crippen LogP contribution in [0.1, 0.15) is 19.4 Å². The second-order valence-electron chi connectivity index (χ2n) is 5.73. The van der Waals surface area contributed by atoms with Crippen LogP contribution >= 0.6 is 0 Å². The van der Waals surface area contributed by atoms with Gasteiger partial charge in [0.25, 0.3) is 0 Å². The smallest absolute Gasteiger partial charge is 0.0702 e. The third kappa shape index (κ3) is 3.74. The number of fused-ring (bicyclic) bond motifs is 1. The molecule has 0 unspecified atom stereocenters. The van der Waals surface area contributed by atoms with Crippen LogP contribution in [0.15, 0.2) is 79.3 Å². The third-order valence-electron chi connectivity index (χ3n) is 4.03. The summed E-state index contributed by atoms with van der Waals surface area (Å²) >= 11 is 0. The molecule has 0 aliphatic heterocycles. The van der Waals surface area contributed by atoms with Crippen LogP contribution in [0, 0.1) is 6.92 Å². The van der Waals surface area contributed by atoms with E-state index in [1.165, 1.54) is 27.8 Å². The van der Waals surface area contributed by atoms with Crippen molar-refractivity contribution < 1.29 is 0 Å². The monoisotopic (exact) mass is 326 g/mol. The standard InChI is InChI=1S/C21H16N2.C2H6/c1-15-11-19(16-6-9-22-10-7-16)14-20(12-15)17-4-5-21-18(13-17)3-2-8-23-21;1-2/h2-14H,1H3;1-2H3. The minimum absolute atomic E-state index is 1.03. The second kappa shape index (κ2) is 7.71. The fourth-order valence-electron chi connectivity index (χ4n) is 2.92. The molecule has 2 aromatic heterocycles. The Hall–Kier alpha value is -3.00. The fraction of sp³-hybridized carbons (Fsp3) is 0.130. The van der Waals surface area contributed by atoms with Crippen LogP contribution in [0.5, 0.6) is 0 Å². The maximum Gasteiger partial charge on any atom is 0.0702 e. The number of rotatable bonds is 2. The van der Waals surface area contributed by atoms with Crippen LogP contribution in [0.25, 0.3) is 33.2 Å². The normalized spacial score (nSPS) is 10.2. The molecule has 2 nitrogen and oxygen atoms in total. The molecule has 0 N–H and O–H groups in total. The molecular formula is C23H22N2. The molecule has 124 valence electrons. The number of pyridine rings is 2. The van der Waals surface area contributed by atoms with Gasteiger partial charge < -0.3 is 0 Å². The van der Waals surface area contributed by atoms with Crippen molar-refractivity contribution in [3.63, 3.8) is 0 Å². The largest absolute Gasteiger partial charge is 0.265 e. The molecule has 2 heteroatoms. The van der Waals surface area contributed by atoms with Gasteiger partial charge in [0, 0.05) is 24.0 Å². The SMILES string of the molecule is CC.Cc1cc(-c2ccncc2)cc(-c2ccc3ncccc3c2)c1. The van der Waals surface area contributed by atoms with E-state index in [1.54, 1.807) is 0 Å². The fourth-order valence-corrected chi connectivity index (χ4v) is 2.92. The van der Waals surface area contributed by atoms with Crippen LogP contribution in [0.2, 0.25) is 0 Å². The maximum atomic E-state index is 4.39. The summed E-state index contributed by atoms with van der Waals surface area (Å²) in [7, 11) is 0. The lowest BCUT2D eigenvalue weighted by atomic mass is 9.96. The summed E-state index contributed by atoms with van der Waals surface area (Å²) in [4.78, 5) is 8.49. The number of aromatic nitrogens is 2. The molecule has 0 aliphatic carbocycles. The van der Waals surface area contributed by atoms with Gasteiger partial charge in [-0.3, -0.25) is 9.97 Å². The Bertz CT molecular complexity index is 975. The lowest BCUT2D eigenvalue weighted by molar-refractivity contribution is 1.33. The number of nitrogens with zero attached hydrogens (tertiary/aromatic N) is 2. The Labute approximate surface area is 149 Å². The summed E-state index contributed by atoms with van der Waals surface area (Å²) < 4.78 is 0. The topological polar surface area (TPSA) is 25.8 Å². The third-order valence-corrected chi connectivity index (χ3v) is 4.03. The first kappa shape index (κ1) is 16.8. The Kier molecular flexibility index (Phi) is 5.20. The van der Waals surface area contributed by atoms with Crippen molar-refractivity contribution in [1.29, 1.82) is 0 Å². The summed E-state index contributed by atoms with van der Waals surface area (Å²) in [5.74, 6) is 0. The molecule has 0 saturated carbocycles. The zero-order valence-electron chi connectivity index (χ0n) is 14.9. The lowest BCUT2D eigenvalue weighted by Crippen LogP contribution is -1.86. The predicted molar refractivity (Wildman–Crippen MR) is 106 cm³/mol. The highest BCUT2D eigenvalue weighted by molar-refractivity contribution is 5.85. The van der Waals surface area contributed by atoms with Gasteiger partial charge in [-0.1, -0.05) is 38.1 Å². The highest BCUT2D eigenvalue weighted by atomic mass is 14.6. The zero-order chi connectivity index (χ0) is 17.6. The highest BCUT2D eigenvalue weighted by Crippen LogP contribution is 2.29. The molecule has 0 spiro atoms. The van der Waals surface area contributed by atoms with E-state index in [4.69, 9.17) is 0 Å². The number of hydrogen-bond acceptors (Lipinski definition) is 2. The van der Waals surface area contributed by atoms with Gasteiger partial charge in [-0.2, -0.15) is 0 Å². The molecule has 0 aliphatic rings. The number of aryl methyl sites for hydroxylation is 1. The van der Waals surface area contributed by atoms with Crippen LogP contribution < -0.4 is 0 Å². The molecule has 4 aromatic rings. The quantitative estimate of drug-likeness (QED) is 0.432. The van der Waals surface area contributed by atoms with Gasteiger partial charge in [-0.25, -0.2) is 0 Å². The van der Waals surface area contributed by atoms with Crippen molar-refractivity contribution in [1.82, 2.24) is 9.97 Å². The predicted octanol–water partition coefficient (Wildman–Crippen LogP) is 6.30. The summed E-state index contributed by atoms with van der Waals surface area (Å²) in [5.41, 5.74) is 7.12. The van der Waals surface area contributed by atoms with Crippen LogP contribution in [0.3, 0.4) is 0 Å². The summed E-state index contributed by atoms with van der Waals surface area (Å²) in [6, 6.07) is 21.3.